The molecule has 0 aromatic carbocycles. The zero-order chi connectivity index (χ0) is 14.2. The van der Waals surface area contributed by atoms with Gasteiger partial charge in [0, 0.05) is 64.5 Å². The molecule has 2 aliphatic rings. The van der Waals surface area contributed by atoms with Crippen LogP contribution in [0.15, 0.2) is 12.2 Å². The largest absolute Gasteiger partial charge is 0.364 e. The average Bonchev–Trinajstić information content (AvgIpc) is 2.47. The minimum absolute atomic E-state index is 0.566. The highest BCUT2D eigenvalue weighted by Gasteiger charge is 2.15. The van der Waals surface area contributed by atoms with Crippen molar-refractivity contribution in [3.63, 3.8) is 0 Å². The van der Waals surface area contributed by atoms with E-state index in [1.807, 2.05) is 0 Å². The van der Waals surface area contributed by atoms with Gasteiger partial charge in [-0.1, -0.05) is 0 Å². The molecule has 0 aromatic heterocycles. The topological polar surface area (TPSA) is 83.1 Å². The van der Waals surface area contributed by atoms with Gasteiger partial charge in [0.2, 0.25) is 0 Å². The highest BCUT2D eigenvalue weighted by atomic mass is 16.7. The first kappa shape index (κ1) is 14.9. The van der Waals surface area contributed by atoms with Crippen LogP contribution in [0.25, 0.3) is 0 Å². The van der Waals surface area contributed by atoms with Crippen LogP contribution in [0.2, 0.25) is 0 Å². The first-order chi connectivity index (χ1) is 9.74. The quantitative estimate of drug-likeness (QED) is 0.589. The van der Waals surface area contributed by atoms with E-state index in [9.17, 15) is 9.59 Å². The third-order valence-corrected chi connectivity index (χ3v) is 2.95. The lowest BCUT2D eigenvalue weighted by molar-refractivity contribution is -0.189. The minimum atomic E-state index is -0.566. The predicted octanol–water partition coefficient (Wildman–Crippen LogP) is -1.73. The molecular weight excluding hydrogens is 264 g/mol. The van der Waals surface area contributed by atoms with E-state index >= 15 is 0 Å². The maximum Gasteiger partial charge on any atom is 0.349 e. The van der Waals surface area contributed by atoms with Crippen LogP contribution in [0.5, 0.6) is 0 Å². The summed E-state index contributed by atoms with van der Waals surface area (Å²) in [5, 5.41) is 9.44. The molecule has 2 aliphatic heterocycles. The Kier molecular flexibility index (Phi) is 5.93. The predicted molar refractivity (Wildman–Crippen MR) is 70.2 cm³/mol. The summed E-state index contributed by atoms with van der Waals surface area (Å²) < 4.78 is 0. The van der Waals surface area contributed by atoms with E-state index < -0.39 is 11.9 Å². The Morgan fingerprint density at radius 1 is 0.750 bits per heavy atom. The molecule has 0 bridgehead atoms. The molecule has 0 unspecified atom stereocenters. The zero-order valence-electron chi connectivity index (χ0n) is 11.3. The van der Waals surface area contributed by atoms with E-state index in [1.165, 1.54) is 0 Å². The van der Waals surface area contributed by atoms with Gasteiger partial charge in [-0.25, -0.2) is 9.59 Å². The van der Waals surface area contributed by atoms with Crippen molar-refractivity contribution in [2.45, 2.75) is 0 Å². The second-order valence-corrected chi connectivity index (χ2v) is 4.51. The number of hydroxylamine groups is 4. The maximum absolute atomic E-state index is 11.5. The van der Waals surface area contributed by atoms with E-state index in [0.717, 1.165) is 38.3 Å². The van der Waals surface area contributed by atoms with E-state index in [0.29, 0.717) is 26.2 Å². The summed E-state index contributed by atoms with van der Waals surface area (Å²) in [6.07, 6.45) is 2.18. The molecule has 0 atom stereocenters. The number of hydrogen-bond donors (Lipinski definition) is 2. The Labute approximate surface area is 117 Å². The summed E-state index contributed by atoms with van der Waals surface area (Å²) in [4.78, 5) is 33.1. The van der Waals surface area contributed by atoms with E-state index in [4.69, 9.17) is 9.68 Å². The van der Waals surface area contributed by atoms with Crippen molar-refractivity contribution in [1.82, 2.24) is 20.8 Å². The van der Waals surface area contributed by atoms with Crippen molar-refractivity contribution < 1.29 is 19.3 Å². The van der Waals surface area contributed by atoms with Gasteiger partial charge < -0.3 is 20.3 Å². The average molecular weight is 284 g/mol. The summed E-state index contributed by atoms with van der Waals surface area (Å²) in [7, 11) is 0. The minimum Gasteiger partial charge on any atom is -0.364 e. The molecule has 0 spiro atoms. The molecule has 0 aromatic rings. The summed E-state index contributed by atoms with van der Waals surface area (Å²) in [5.41, 5.74) is 0. The van der Waals surface area contributed by atoms with Gasteiger partial charge in [0.25, 0.3) is 0 Å². The molecule has 2 fully saturated rings. The van der Waals surface area contributed by atoms with Crippen LogP contribution < -0.4 is 10.6 Å². The molecule has 2 N–H and O–H groups in total. The molecule has 8 heteroatoms. The van der Waals surface area contributed by atoms with Crippen LogP contribution in [0.4, 0.5) is 0 Å². The number of hydrogen-bond acceptors (Lipinski definition) is 8. The van der Waals surface area contributed by atoms with Crippen LogP contribution in [0, 0.1) is 0 Å². The Balaban J connectivity index is 1.67. The van der Waals surface area contributed by atoms with Gasteiger partial charge in [-0.3, -0.25) is 0 Å². The van der Waals surface area contributed by atoms with E-state index in [-0.39, 0.29) is 0 Å². The number of rotatable bonds is 4. The number of carbonyl (C=O) groups excluding carboxylic acids is 2. The molecular formula is C12H20N4O4. The maximum atomic E-state index is 11.5. The normalized spacial score (nSPS) is 21.8. The monoisotopic (exact) mass is 284 g/mol. The van der Waals surface area contributed by atoms with Crippen molar-refractivity contribution in [1.29, 1.82) is 0 Å². The highest BCUT2D eigenvalue weighted by Crippen LogP contribution is 1.97. The van der Waals surface area contributed by atoms with Gasteiger partial charge >= 0.3 is 11.9 Å². The summed E-state index contributed by atoms with van der Waals surface area (Å²) in [5.74, 6) is -1.13. The molecule has 0 aliphatic carbocycles. The molecule has 0 saturated carbocycles. The first-order valence-corrected chi connectivity index (χ1v) is 6.77. The van der Waals surface area contributed by atoms with Gasteiger partial charge in [-0.05, 0) is 0 Å². The molecule has 2 saturated heterocycles. The SMILES string of the molecule is O=C(/C=C\C(=O)ON1CCNCC1)ON1CCNCC1. The highest BCUT2D eigenvalue weighted by molar-refractivity contribution is 5.91. The second-order valence-electron chi connectivity index (χ2n) is 4.51. The van der Waals surface area contributed by atoms with Crippen molar-refractivity contribution in [2.24, 2.45) is 0 Å². The lowest BCUT2D eigenvalue weighted by Gasteiger charge is -2.25. The number of nitrogens with zero attached hydrogens (tertiary/aromatic N) is 2. The van der Waals surface area contributed by atoms with Crippen LogP contribution in [-0.4, -0.2) is 74.4 Å². The van der Waals surface area contributed by atoms with Crippen molar-refractivity contribution in [2.75, 3.05) is 52.4 Å². The Hall–Kier alpha value is -1.48. The van der Waals surface area contributed by atoms with Gasteiger partial charge in [-0.2, -0.15) is 0 Å². The molecule has 2 rings (SSSR count). The van der Waals surface area contributed by atoms with Crippen LogP contribution in [-0.2, 0) is 19.3 Å². The van der Waals surface area contributed by atoms with E-state index in [2.05, 4.69) is 10.6 Å². The third-order valence-electron chi connectivity index (χ3n) is 2.95. The second kappa shape index (κ2) is 7.95. The fourth-order valence-corrected chi connectivity index (χ4v) is 1.92. The number of carbonyl (C=O) groups is 2. The van der Waals surface area contributed by atoms with Crippen LogP contribution in [0.3, 0.4) is 0 Å². The lowest BCUT2D eigenvalue weighted by Crippen LogP contribution is -2.44. The van der Waals surface area contributed by atoms with E-state index in [1.54, 1.807) is 10.1 Å². The fraction of sp³-hybridized carbons (Fsp3) is 0.667. The fourth-order valence-electron chi connectivity index (χ4n) is 1.92. The molecule has 2 heterocycles. The van der Waals surface area contributed by atoms with Crippen molar-refractivity contribution >= 4 is 11.9 Å². The standard InChI is InChI=1S/C12H20N4O4/c17-11(19-15-7-3-13-4-8-15)1-2-12(18)20-16-9-5-14-6-10-16/h1-2,13-14H,3-10H2/b2-1-. The summed E-state index contributed by atoms with van der Waals surface area (Å²) >= 11 is 0. The van der Waals surface area contributed by atoms with Crippen molar-refractivity contribution in [3.05, 3.63) is 12.2 Å². The zero-order valence-corrected chi connectivity index (χ0v) is 11.3. The van der Waals surface area contributed by atoms with Crippen LogP contribution >= 0.6 is 0 Å². The Morgan fingerprint density at radius 2 is 1.10 bits per heavy atom. The molecule has 8 nitrogen and oxygen atoms in total. The van der Waals surface area contributed by atoms with Gasteiger partial charge in [-0.15, -0.1) is 10.1 Å². The van der Waals surface area contributed by atoms with Crippen molar-refractivity contribution in [3.8, 4) is 0 Å². The van der Waals surface area contributed by atoms with Crippen LogP contribution in [0.1, 0.15) is 0 Å². The number of piperazine rings is 2. The molecule has 20 heavy (non-hydrogen) atoms. The molecule has 0 amide bonds. The number of nitrogens with one attached hydrogen (secondary N) is 2. The summed E-state index contributed by atoms with van der Waals surface area (Å²) in [6, 6.07) is 0. The Morgan fingerprint density at radius 3 is 1.45 bits per heavy atom. The van der Waals surface area contributed by atoms with Gasteiger partial charge in [0.05, 0.1) is 0 Å². The molecule has 0 radical (unpaired) electrons. The first-order valence-electron chi connectivity index (χ1n) is 6.77. The molecule has 112 valence electrons. The third kappa shape index (κ3) is 5.25. The lowest BCUT2D eigenvalue weighted by atomic mass is 10.4. The van der Waals surface area contributed by atoms with Gasteiger partial charge in [0.1, 0.15) is 0 Å². The summed E-state index contributed by atoms with van der Waals surface area (Å²) in [6.45, 7) is 5.69. The van der Waals surface area contributed by atoms with Gasteiger partial charge in [0.15, 0.2) is 0 Å². The smallest absolute Gasteiger partial charge is 0.349 e. The Bertz CT molecular complexity index is 328.